The van der Waals surface area contributed by atoms with Crippen LogP contribution < -0.4 is 15.0 Å². The molecule has 1 saturated heterocycles. The molecule has 0 radical (unpaired) electrons. The Kier molecular flexibility index (Phi) is 3.85. The molecule has 8 heteroatoms. The minimum Gasteiger partial charge on any atom is -0.494 e. The third-order valence-corrected chi connectivity index (χ3v) is 5.87. The molecule has 124 valence electrons. The van der Waals surface area contributed by atoms with Gasteiger partial charge in [0.2, 0.25) is 5.91 Å². The second kappa shape index (κ2) is 6.03. The summed E-state index contributed by atoms with van der Waals surface area (Å²) < 4.78 is 6.45. The number of nitrogens with zero attached hydrogens (tertiary/aromatic N) is 3. The Bertz CT molecular complexity index is 899. The number of thiazole rings is 2. The first-order valence-corrected chi connectivity index (χ1v) is 9.19. The average molecular weight is 360 g/mol. The predicted octanol–water partition coefficient (Wildman–Crippen LogP) is 3.14. The fourth-order valence-electron chi connectivity index (χ4n) is 2.63. The molecule has 0 spiro atoms. The lowest BCUT2D eigenvalue weighted by Crippen LogP contribution is -2.52. The molecule has 3 heterocycles. The zero-order chi connectivity index (χ0) is 16.7. The fraction of sp³-hybridized carbons (Fsp3) is 0.312. The second-order valence-electron chi connectivity index (χ2n) is 5.67. The average Bonchev–Trinajstić information content (AvgIpc) is 3.11. The van der Waals surface area contributed by atoms with Gasteiger partial charge in [0.15, 0.2) is 10.3 Å². The number of aromatic nitrogens is 2. The zero-order valence-corrected chi connectivity index (χ0v) is 14.9. The van der Waals surface area contributed by atoms with Gasteiger partial charge >= 0.3 is 0 Å². The van der Waals surface area contributed by atoms with Crippen LogP contribution in [0.1, 0.15) is 4.88 Å². The third-order valence-electron chi connectivity index (χ3n) is 3.96. The maximum absolute atomic E-state index is 12.2. The lowest BCUT2D eigenvalue weighted by molar-refractivity contribution is -0.120. The van der Waals surface area contributed by atoms with Gasteiger partial charge < -0.3 is 15.0 Å². The first kappa shape index (κ1) is 15.3. The van der Waals surface area contributed by atoms with Crippen molar-refractivity contribution in [2.45, 2.75) is 6.92 Å². The molecule has 0 unspecified atom stereocenters. The van der Waals surface area contributed by atoms with Crippen molar-refractivity contribution < 1.29 is 9.53 Å². The molecule has 1 amide bonds. The molecule has 0 saturated carbocycles. The highest BCUT2D eigenvalue weighted by Gasteiger charge is 2.34. The number of carbonyl (C=O) groups is 1. The van der Waals surface area contributed by atoms with Crippen LogP contribution in [0.5, 0.6) is 5.75 Å². The summed E-state index contributed by atoms with van der Waals surface area (Å²) in [6, 6.07) is 5.91. The summed E-state index contributed by atoms with van der Waals surface area (Å²) in [5, 5.41) is 4.49. The Morgan fingerprint density at radius 3 is 2.92 bits per heavy atom. The van der Waals surface area contributed by atoms with Gasteiger partial charge in [-0.05, 0) is 19.1 Å². The highest BCUT2D eigenvalue weighted by Crippen LogP contribution is 2.36. The van der Waals surface area contributed by atoms with Crippen LogP contribution in [0.4, 0.5) is 10.3 Å². The monoisotopic (exact) mass is 360 g/mol. The van der Waals surface area contributed by atoms with Gasteiger partial charge in [-0.2, -0.15) is 0 Å². The maximum Gasteiger partial charge on any atom is 0.232 e. The lowest BCUT2D eigenvalue weighted by atomic mass is 10.0. The quantitative estimate of drug-likeness (QED) is 0.774. The van der Waals surface area contributed by atoms with Crippen LogP contribution in [0.15, 0.2) is 24.4 Å². The zero-order valence-electron chi connectivity index (χ0n) is 13.3. The lowest BCUT2D eigenvalue weighted by Gasteiger charge is -2.37. The summed E-state index contributed by atoms with van der Waals surface area (Å²) >= 11 is 3.12. The van der Waals surface area contributed by atoms with Gasteiger partial charge in [-0.25, -0.2) is 9.97 Å². The Labute approximate surface area is 147 Å². The van der Waals surface area contributed by atoms with E-state index in [0.29, 0.717) is 18.2 Å². The van der Waals surface area contributed by atoms with Crippen molar-refractivity contribution in [3.63, 3.8) is 0 Å². The number of nitrogens with one attached hydrogen (secondary N) is 1. The van der Waals surface area contributed by atoms with Crippen LogP contribution in [-0.4, -0.2) is 36.1 Å². The number of para-hydroxylation sites is 1. The molecule has 0 atom stereocenters. The normalized spacial score (nSPS) is 14.7. The van der Waals surface area contributed by atoms with Crippen molar-refractivity contribution in [2.75, 3.05) is 30.4 Å². The van der Waals surface area contributed by atoms with E-state index in [2.05, 4.69) is 20.2 Å². The van der Waals surface area contributed by atoms with E-state index in [1.807, 2.05) is 25.1 Å². The topological polar surface area (TPSA) is 67.3 Å². The number of anilines is 2. The molecule has 1 fully saturated rings. The van der Waals surface area contributed by atoms with E-state index in [9.17, 15) is 4.79 Å². The van der Waals surface area contributed by atoms with Gasteiger partial charge in [0.25, 0.3) is 0 Å². The van der Waals surface area contributed by atoms with E-state index in [1.54, 1.807) is 24.6 Å². The molecular weight excluding hydrogens is 344 g/mol. The first-order chi connectivity index (χ1) is 11.6. The number of carbonyl (C=O) groups excluding carboxylic acids is 1. The van der Waals surface area contributed by atoms with Crippen molar-refractivity contribution >= 4 is 49.1 Å². The van der Waals surface area contributed by atoms with Crippen molar-refractivity contribution in [3.8, 4) is 5.75 Å². The standard InChI is InChI=1S/C16H16N4O2S2/c1-9-6-17-15(23-9)19-14(21)10-7-20(8-10)16-18-13-11(22-2)4-3-5-12(13)24-16/h3-6,10H,7-8H2,1-2H3,(H,17,19,21). The van der Waals surface area contributed by atoms with Gasteiger partial charge in [0.1, 0.15) is 11.3 Å². The minimum absolute atomic E-state index is 0.0249. The van der Waals surface area contributed by atoms with Crippen molar-refractivity contribution in [2.24, 2.45) is 5.92 Å². The van der Waals surface area contributed by atoms with E-state index in [0.717, 1.165) is 26.0 Å². The van der Waals surface area contributed by atoms with Crippen molar-refractivity contribution in [1.29, 1.82) is 0 Å². The second-order valence-corrected chi connectivity index (χ2v) is 7.91. The van der Waals surface area contributed by atoms with Crippen LogP contribution in [0.2, 0.25) is 0 Å². The molecular formula is C16H16N4O2S2. The molecule has 1 aliphatic rings. The summed E-state index contributed by atoms with van der Waals surface area (Å²) in [7, 11) is 1.65. The van der Waals surface area contributed by atoms with Crippen molar-refractivity contribution in [1.82, 2.24) is 9.97 Å². The number of fused-ring (bicyclic) bond motifs is 1. The number of hydrogen-bond acceptors (Lipinski definition) is 7. The molecule has 1 aliphatic heterocycles. The third kappa shape index (κ3) is 2.71. The van der Waals surface area contributed by atoms with Gasteiger partial charge in [-0.15, -0.1) is 11.3 Å². The predicted molar refractivity (Wildman–Crippen MR) is 97.4 cm³/mol. The van der Waals surface area contributed by atoms with Gasteiger partial charge in [0.05, 0.1) is 17.7 Å². The first-order valence-electron chi connectivity index (χ1n) is 7.56. The number of ether oxygens (including phenoxy) is 1. The van der Waals surface area contributed by atoms with E-state index < -0.39 is 0 Å². The summed E-state index contributed by atoms with van der Waals surface area (Å²) in [6.07, 6.45) is 1.77. The van der Waals surface area contributed by atoms with Crippen LogP contribution in [-0.2, 0) is 4.79 Å². The Balaban J connectivity index is 1.43. The molecule has 0 bridgehead atoms. The van der Waals surface area contributed by atoms with E-state index in [-0.39, 0.29) is 11.8 Å². The van der Waals surface area contributed by atoms with Crippen molar-refractivity contribution in [3.05, 3.63) is 29.3 Å². The molecule has 3 aromatic rings. The molecule has 1 N–H and O–H groups in total. The fourth-order valence-corrected chi connectivity index (χ4v) is 4.30. The van der Waals surface area contributed by atoms with Crippen LogP contribution in [0.25, 0.3) is 10.2 Å². The summed E-state index contributed by atoms with van der Waals surface area (Å²) in [4.78, 5) is 24.3. The minimum atomic E-state index is -0.0249. The van der Waals surface area contributed by atoms with E-state index in [4.69, 9.17) is 4.74 Å². The Hall–Kier alpha value is -2.19. The molecule has 24 heavy (non-hydrogen) atoms. The van der Waals surface area contributed by atoms with E-state index >= 15 is 0 Å². The summed E-state index contributed by atoms with van der Waals surface area (Å²) in [5.41, 5.74) is 0.881. The number of benzene rings is 1. The number of rotatable bonds is 4. The van der Waals surface area contributed by atoms with Gasteiger partial charge in [-0.3, -0.25) is 4.79 Å². The van der Waals surface area contributed by atoms with E-state index in [1.165, 1.54) is 11.3 Å². The molecule has 4 rings (SSSR count). The summed E-state index contributed by atoms with van der Waals surface area (Å²) in [6.45, 7) is 3.33. The number of hydrogen-bond donors (Lipinski definition) is 1. The molecule has 2 aromatic heterocycles. The maximum atomic E-state index is 12.2. The number of methoxy groups -OCH3 is 1. The highest BCUT2D eigenvalue weighted by atomic mass is 32.1. The van der Waals surface area contributed by atoms with Crippen LogP contribution >= 0.6 is 22.7 Å². The number of amides is 1. The van der Waals surface area contributed by atoms with Gasteiger partial charge in [0, 0.05) is 24.2 Å². The molecule has 6 nitrogen and oxygen atoms in total. The molecule has 0 aliphatic carbocycles. The SMILES string of the molecule is COc1cccc2sc(N3CC(C(=O)Nc4ncc(C)s4)C3)nc12. The smallest absolute Gasteiger partial charge is 0.232 e. The Morgan fingerprint density at radius 1 is 1.38 bits per heavy atom. The Morgan fingerprint density at radius 2 is 2.21 bits per heavy atom. The highest BCUT2D eigenvalue weighted by molar-refractivity contribution is 7.22. The van der Waals surface area contributed by atoms with Gasteiger partial charge in [-0.1, -0.05) is 17.4 Å². The van der Waals surface area contributed by atoms with Crippen LogP contribution in [0, 0.1) is 12.8 Å². The largest absolute Gasteiger partial charge is 0.494 e. The molecule has 1 aromatic carbocycles. The number of aryl methyl sites for hydroxylation is 1. The van der Waals surface area contributed by atoms with Crippen LogP contribution in [0.3, 0.4) is 0 Å². The summed E-state index contributed by atoms with van der Waals surface area (Å²) in [5.74, 6) is 0.784.